The predicted molar refractivity (Wildman–Crippen MR) is 146 cm³/mol. The zero-order valence-electron chi connectivity index (χ0n) is 20.4. The lowest BCUT2D eigenvalue weighted by atomic mass is 9.67. The zero-order valence-corrected chi connectivity index (χ0v) is 22.0. The molecular weight excluding hydrogens is 508 g/mol. The van der Waals surface area contributed by atoms with Gasteiger partial charge < -0.3 is 14.5 Å². The first-order valence-electron chi connectivity index (χ1n) is 12.2. The number of sulfonamides is 1. The van der Waals surface area contributed by atoms with E-state index in [0.29, 0.717) is 23.2 Å². The van der Waals surface area contributed by atoms with Gasteiger partial charge in [-0.2, -0.15) is 4.72 Å². The van der Waals surface area contributed by atoms with Crippen LogP contribution in [0.4, 0.5) is 0 Å². The largest absolute Gasteiger partial charge is 0.460 e. The molecule has 2 heterocycles. The molecule has 2 aromatic carbocycles. The minimum Gasteiger partial charge on any atom is -0.460 e. The van der Waals surface area contributed by atoms with E-state index < -0.39 is 34.1 Å². The van der Waals surface area contributed by atoms with Crippen LogP contribution in [0, 0.1) is 0 Å². The molecule has 0 saturated heterocycles. The molecule has 0 bridgehead atoms. The maximum absolute atomic E-state index is 13.1. The molecule has 0 amide bonds. The zero-order chi connectivity index (χ0) is 26.0. The Bertz CT molecular complexity index is 1580. The topological polar surface area (TPSA) is 102 Å². The molecule has 0 radical (unpaired) electrons. The van der Waals surface area contributed by atoms with E-state index in [4.69, 9.17) is 17.0 Å². The molecule has 1 saturated carbocycles. The summed E-state index contributed by atoms with van der Waals surface area (Å²) >= 11 is 5.80. The number of likely N-dealkylation sites (N-methyl/N-ethyl adjacent to an activating group) is 1. The molecule has 4 aromatic rings. The number of imidazole rings is 1. The normalized spacial score (nSPS) is 20.1. The third-order valence-electron chi connectivity index (χ3n) is 7.09. The van der Waals surface area contributed by atoms with Gasteiger partial charge in [0.25, 0.3) is 0 Å². The second-order valence-corrected chi connectivity index (χ2v) is 11.3. The quantitative estimate of drug-likeness (QED) is 0.274. The van der Waals surface area contributed by atoms with Gasteiger partial charge in [-0.1, -0.05) is 61.1 Å². The maximum Gasteiger partial charge on any atom is 0.321 e. The van der Waals surface area contributed by atoms with Crippen molar-refractivity contribution < 1.29 is 17.9 Å². The number of thiocarbonyl (C=S) groups is 1. The van der Waals surface area contributed by atoms with E-state index in [1.807, 2.05) is 47.1 Å². The fourth-order valence-electron chi connectivity index (χ4n) is 5.29. The molecule has 192 valence electrons. The molecule has 1 fully saturated rings. The number of pyridine rings is 1. The van der Waals surface area contributed by atoms with Crippen LogP contribution in [-0.4, -0.2) is 48.5 Å². The fourth-order valence-corrected chi connectivity index (χ4v) is 6.84. The number of carbonyl (C=O) groups excluding carboxylic acids is 1. The molecule has 0 aliphatic heterocycles. The lowest BCUT2D eigenvalue weighted by Crippen LogP contribution is -2.54. The highest BCUT2D eigenvalue weighted by molar-refractivity contribution is 7.89. The summed E-state index contributed by atoms with van der Waals surface area (Å²) < 4.78 is 36.5. The highest BCUT2D eigenvalue weighted by Gasteiger charge is 2.48. The number of hydrogen-bond acceptors (Lipinski definition) is 6. The lowest BCUT2D eigenvalue weighted by Gasteiger charge is -2.44. The summed E-state index contributed by atoms with van der Waals surface area (Å²) in [5.74, 6) is -0.650. The first kappa shape index (κ1) is 25.3. The number of nitrogens with zero attached hydrogens (tertiary/aromatic N) is 2. The minimum absolute atomic E-state index is 0.121. The number of fused-ring (bicyclic) bond motifs is 2. The van der Waals surface area contributed by atoms with Gasteiger partial charge in [-0.15, -0.1) is 0 Å². The van der Waals surface area contributed by atoms with Crippen molar-refractivity contribution in [2.24, 2.45) is 0 Å². The second kappa shape index (κ2) is 10.2. The molecule has 2 atom stereocenters. The van der Waals surface area contributed by atoms with Crippen LogP contribution in [0.1, 0.15) is 31.2 Å². The van der Waals surface area contributed by atoms with Crippen LogP contribution in [0.2, 0.25) is 0 Å². The summed E-state index contributed by atoms with van der Waals surface area (Å²) in [6.07, 6.45) is 8.13. The van der Waals surface area contributed by atoms with E-state index in [2.05, 4.69) is 15.0 Å². The highest BCUT2D eigenvalue weighted by Crippen LogP contribution is 2.42. The first-order chi connectivity index (χ1) is 17.8. The molecule has 8 nitrogen and oxygen atoms in total. The molecule has 2 N–H and O–H groups in total. The Balaban J connectivity index is 1.39. The molecule has 0 spiro atoms. The van der Waals surface area contributed by atoms with Gasteiger partial charge in [0, 0.05) is 31.0 Å². The van der Waals surface area contributed by atoms with E-state index in [1.165, 1.54) is 6.07 Å². The molecule has 37 heavy (non-hydrogen) atoms. The minimum atomic E-state index is -3.94. The summed E-state index contributed by atoms with van der Waals surface area (Å²) in [4.78, 5) is 18.0. The Labute approximate surface area is 221 Å². The average Bonchev–Trinajstić information content (AvgIpc) is 3.40. The number of benzene rings is 2. The predicted octanol–water partition coefficient (Wildman–Crippen LogP) is 3.74. The monoisotopic (exact) mass is 536 g/mol. The van der Waals surface area contributed by atoms with Crippen LogP contribution < -0.4 is 10.0 Å². The average molecular weight is 537 g/mol. The van der Waals surface area contributed by atoms with Gasteiger partial charge in [0.1, 0.15) is 18.3 Å². The fraction of sp³-hybridized carbons (Fsp3) is 0.296. The number of ether oxygens (including phenoxy) is 1. The van der Waals surface area contributed by atoms with Gasteiger partial charge in [0.05, 0.1) is 15.3 Å². The molecular formula is C27H28N4O4S2. The summed E-state index contributed by atoms with van der Waals surface area (Å²) in [7, 11) is -2.17. The van der Waals surface area contributed by atoms with Crippen molar-refractivity contribution in [3.8, 4) is 0 Å². The summed E-state index contributed by atoms with van der Waals surface area (Å²) in [6.45, 7) is -0.481. The number of aromatic nitrogens is 2. The standard InChI is InChI=1S/C27H28N4O4S2/c1-28-26(36)27(20-12-13-24-29-15-16-31(24)18-20)14-5-4-11-23(27)35-25(32)17-30-37(33,34)22-10-6-8-19-7-2-3-9-21(19)22/h2-3,6-10,12-13,15-16,18,23,30H,4-5,11,14,17H2,1H3,(H,28,36). The molecule has 1 aliphatic rings. The van der Waals surface area contributed by atoms with Crippen molar-refractivity contribution >= 4 is 49.6 Å². The first-order valence-corrected chi connectivity index (χ1v) is 14.1. The van der Waals surface area contributed by atoms with Gasteiger partial charge in [-0.3, -0.25) is 4.79 Å². The van der Waals surface area contributed by atoms with E-state index in [1.54, 1.807) is 31.4 Å². The molecule has 1 aliphatic carbocycles. The van der Waals surface area contributed by atoms with Crippen molar-refractivity contribution in [2.75, 3.05) is 13.6 Å². The van der Waals surface area contributed by atoms with Crippen molar-refractivity contribution in [3.05, 3.63) is 78.8 Å². The Morgan fingerprint density at radius 3 is 2.81 bits per heavy atom. The molecule has 10 heteroatoms. The van der Waals surface area contributed by atoms with E-state index >= 15 is 0 Å². The van der Waals surface area contributed by atoms with Crippen LogP contribution in [0.25, 0.3) is 16.4 Å². The van der Waals surface area contributed by atoms with Crippen LogP contribution in [0.3, 0.4) is 0 Å². The van der Waals surface area contributed by atoms with E-state index in [9.17, 15) is 13.2 Å². The SMILES string of the molecule is CNC(=S)C1(c2ccc3nccn3c2)CCCCC1OC(=O)CNS(=O)(=O)c1cccc2ccccc12. The number of esters is 1. The molecule has 2 unspecified atom stereocenters. The summed E-state index contributed by atoms with van der Waals surface area (Å²) in [5, 5.41) is 4.51. The van der Waals surface area contributed by atoms with E-state index in [-0.39, 0.29) is 4.90 Å². The smallest absolute Gasteiger partial charge is 0.321 e. The third kappa shape index (κ3) is 4.72. The van der Waals surface area contributed by atoms with Crippen molar-refractivity contribution in [1.82, 2.24) is 19.4 Å². The van der Waals surface area contributed by atoms with Crippen LogP contribution in [0.15, 0.2) is 78.1 Å². The van der Waals surface area contributed by atoms with Gasteiger partial charge >= 0.3 is 5.97 Å². The summed E-state index contributed by atoms with van der Waals surface area (Å²) in [5.41, 5.74) is 0.998. The lowest BCUT2D eigenvalue weighted by molar-refractivity contribution is -0.151. The third-order valence-corrected chi connectivity index (χ3v) is 9.12. The Hall–Kier alpha value is -3.34. The number of hydrogen-bond donors (Lipinski definition) is 2. The van der Waals surface area contributed by atoms with Gasteiger partial charge in [0.2, 0.25) is 10.0 Å². The van der Waals surface area contributed by atoms with E-state index in [0.717, 1.165) is 29.4 Å². The second-order valence-electron chi connectivity index (χ2n) is 9.19. The number of rotatable bonds is 7. The Morgan fingerprint density at radius 2 is 1.97 bits per heavy atom. The van der Waals surface area contributed by atoms with Gasteiger partial charge in [0.15, 0.2) is 0 Å². The van der Waals surface area contributed by atoms with Crippen molar-refractivity contribution in [3.63, 3.8) is 0 Å². The Kier molecular flexibility index (Phi) is 6.98. The van der Waals surface area contributed by atoms with Crippen molar-refractivity contribution in [1.29, 1.82) is 0 Å². The van der Waals surface area contributed by atoms with Crippen LogP contribution >= 0.6 is 12.2 Å². The Morgan fingerprint density at radius 1 is 1.16 bits per heavy atom. The van der Waals surface area contributed by atoms with Crippen LogP contribution in [-0.2, 0) is 25.0 Å². The number of carbonyl (C=O) groups is 1. The maximum atomic E-state index is 13.1. The van der Waals surface area contributed by atoms with Gasteiger partial charge in [-0.05, 0) is 42.3 Å². The summed E-state index contributed by atoms with van der Waals surface area (Å²) in [6, 6.07) is 16.2. The molecule has 5 rings (SSSR count). The van der Waals surface area contributed by atoms with Crippen molar-refractivity contribution in [2.45, 2.75) is 42.1 Å². The van der Waals surface area contributed by atoms with Gasteiger partial charge in [-0.25, -0.2) is 13.4 Å². The molecule has 2 aromatic heterocycles. The van der Waals surface area contributed by atoms with Crippen LogP contribution in [0.5, 0.6) is 0 Å². The number of nitrogens with one attached hydrogen (secondary N) is 2. The highest BCUT2D eigenvalue weighted by atomic mass is 32.2.